The van der Waals surface area contributed by atoms with Crippen LogP contribution in [-0.2, 0) is 22.9 Å². The lowest BCUT2D eigenvalue weighted by Crippen LogP contribution is -2.33. The Morgan fingerprint density at radius 2 is 1.69 bits per heavy atom. The molecule has 0 heterocycles. The molecule has 0 aliphatic heterocycles. The minimum absolute atomic E-state index is 1.11. The van der Waals surface area contributed by atoms with Crippen LogP contribution >= 0.6 is 7.82 Å². The van der Waals surface area contributed by atoms with Crippen molar-refractivity contribution in [2.24, 2.45) is 0 Å². The summed E-state index contributed by atoms with van der Waals surface area (Å²) in [7, 11) is -1.51. The molecule has 13 heavy (non-hydrogen) atoms. The van der Waals surface area contributed by atoms with E-state index in [0.29, 0.717) is 0 Å². The molecule has 0 radical (unpaired) electrons. The van der Waals surface area contributed by atoms with E-state index in [1.54, 1.807) is 0 Å². The molecule has 0 rings (SSSR count). The van der Waals surface area contributed by atoms with Crippen LogP contribution in [0, 0.1) is 0 Å². The molecule has 0 bridgehead atoms. The van der Waals surface area contributed by atoms with Crippen molar-refractivity contribution in [2.75, 3.05) is 14.2 Å². The summed E-state index contributed by atoms with van der Waals surface area (Å²) in [6.07, 6.45) is 0. The van der Waals surface area contributed by atoms with Gasteiger partial charge in [-0.3, -0.25) is 13.6 Å². The molecule has 0 saturated heterocycles. The van der Waals surface area contributed by atoms with E-state index in [4.69, 9.17) is 9.63 Å². The molecule has 0 saturated carbocycles. The fourth-order valence-electron chi connectivity index (χ4n) is 0.468. The second-order valence-corrected chi connectivity index (χ2v) is 4.53. The number of carboxylic acids is 1. The molecule has 0 fully saturated rings. The second-order valence-electron chi connectivity index (χ2n) is 2.72. The molecular formula is C6H13O6P. The number of rotatable bonds is 5. The van der Waals surface area contributed by atoms with Gasteiger partial charge in [-0.15, -0.1) is 0 Å². The van der Waals surface area contributed by atoms with Crippen molar-refractivity contribution in [2.45, 2.75) is 19.4 Å². The minimum atomic E-state index is -3.74. The molecule has 0 spiro atoms. The topological polar surface area (TPSA) is 82.1 Å². The second kappa shape index (κ2) is 4.19. The van der Waals surface area contributed by atoms with E-state index in [-0.39, 0.29) is 0 Å². The van der Waals surface area contributed by atoms with E-state index < -0.39 is 19.4 Å². The third-order valence-corrected chi connectivity index (χ3v) is 2.88. The molecule has 1 N–H and O–H groups in total. The summed E-state index contributed by atoms with van der Waals surface area (Å²) in [6, 6.07) is 0. The first kappa shape index (κ1) is 12.6. The van der Waals surface area contributed by atoms with Gasteiger partial charge in [-0.2, -0.15) is 0 Å². The van der Waals surface area contributed by atoms with Crippen LogP contribution in [0.15, 0.2) is 0 Å². The van der Waals surface area contributed by atoms with Gasteiger partial charge in [0.1, 0.15) is 0 Å². The molecule has 6 nitrogen and oxygen atoms in total. The Morgan fingerprint density at radius 3 is 1.92 bits per heavy atom. The number of phosphoric acid groups is 1. The smallest absolute Gasteiger partial charge is 0.475 e. The quantitative estimate of drug-likeness (QED) is 0.691. The highest BCUT2D eigenvalue weighted by Gasteiger charge is 2.38. The van der Waals surface area contributed by atoms with Gasteiger partial charge in [0.05, 0.1) is 0 Å². The Bertz CT molecular complexity index is 227. The molecule has 0 aliphatic carbocycles. The standard InChI is InChI=1S/C6H13O6P/c1-6(2,5(7)8)12-13(9,10-3)11-4/h1-4H3,(H,7,8). The third kappa shape index (κ3) is 3.44. The van der Waals surface area contributed by atoms with E-state index in [9.17, 15) is 9.36 Å². The van der Waals surface area contributed by atoms with Crippen molar-refractivity contribution >= 4 is 13.8 Å². The average molecular weight is 212 g/mol. The molecule has 78 valence electrons. The number of phosphoric ester groups is 1. The van der Waals surface area contributed by atoms with E-state index in [1.807, 2.05) is 0 Å². The molecule has 0 aromatic heterocycles. The van der Waals surface area contributed by atoms with Crippen LogP contribution in [0.2, 0.25) is 0 Å². The minimum Gasteiger partial charge on any atom is -0.479 e. The predicted molar refractivity (Wildman–Crippen MR) is 44.4 cm³/mol. The lowest BCUT2D eigenvalue weighted by Gasteiger charge is -2.23. The monoisotopic (exact) mass is 212 g/mol. The molecule has 0 aromatic rings. The van der Waals surface area contributed by atoms with E-state index >= 15 is 0 Å². The molecule has 7 heteroatoms. The normalized spacial score (nSPS) is 12.9. The number of aliphatic carboxylic acids is 1. The highest BCUT2D eigenvalue weighted by atomic mass is 31.2. The summed E-state index contributed by atoms with van der Waals surface area (Å²) in [5, 5.41) is 8.64. The highest BCUT2D eigenvalue weighted by molar-refractivity contribution is 7.48. The van der Waals surface area contributed by atoms with Crippen molar-refractivity contribution in [3.8, 4) is 0 Å². The number of carboxylic acid groups (broad SMARTS) is 1. The maximum absolute atomic E-state index is 11.3. The van der Waals surface area contributed by atoms with Gasteiger partial charge in [0.2, 0.25) is 0 Å². The fourth-order valence-corrected chi connectivity index (χ4v) is 1.40. The van der Waals surface area contributed by atoms with Gasteiger partial charge in [0.15, 0.2) is 5.60 Å². The summed E-state index contributed by atoms with van der Waals surface area (Å²) in [5.74, 6) is -1.25. The lowest BCUT2D eigenvalue weighted by atomic mass is 10.1. The number of carbonyl (C=O) groups is 1. The van der Waals surface area contributed by atoms with Crippen molar-refractivity contribution < 1.29 is 28.0 Å². The van der Waals surface area contributed by atoms with E-state index in [0.717, 1.165) is 14.2 Å². The van der Waals surface area contributed by atoms with Crippen molar-refractivity contribution in [3.63, 3.8) is 0 Å². The first-order valence-corrected chi connectivity index (χ1v) is 4.89. The zero-order valence-corrected chi connectivity index (χ0v) is 8.83. The Morgan fingerprint density at radius 1 is 1.31 bits per heavy atom. The predicted octanol–water partition coefficient (Wildman–Crippen LogP) is 1.27. The van der Waals surface area contributed by atoms with Gasteiger partial charge in [-0.1, -0.05) is 0 Å². The van der Waals surface area contributed by atoms with Gasteiger partial charge in [0.25, 0.3) is 0 Å². The van der Waals surface area contributed by atoms with Crippen LogP contribution in [0.5, 0.6) is 0 Å². The zero-order valence-electron chi connectivity index (χ0n) is 7.94. The Hall–Kier alpha value is -0.420. The average Bonchev–Trinajstić information content (AvgIpc) is 2.03. The molecule has 0 atom stereocenters. The van der Waals surface area contributed by atoms with Crippen LogP contribution < -0.4 is 0 Å². The van der Waals surface area contributed by atoms with Gasteiger partial charge >= 0.3 is 13.8 Å². The summed E-state index contributed by atoms with van der Waals surface area (Å²) in [4.78, 5) is 10.6. The number of hydrogen-bond donors (Lipinski definition) is 1. The Labute approximate surface area is 76.4 Å². The SMILES string of the molecule is COP(=O)(OC)OC(C)(C)C(=O)O. The van der Waals surface area contributed by atoms with Crippen LogP contribution in [0.25, 0.3) is 0 Å². The third-order valence-electron chi connectivity index (χ3n) is 1.30. The van der Waals surface area contributed by atoms with Crippen LogP contribution in [0.1, 0.15) is 13.8 Å². The Kier molecular flexibility index (Phi) is 4.06. The van der Waals surface area contributed by atoms with Crippen molar-refractivity contribution in [1.82, 2.24) is 0 Å². The number of hydrogen-bond acceptors (Lipinski definition) is 5. The van der Waals surface area contributed by atoms with Crippen LogP contribution in [0.3, 0.4) is 0 Å². The molecular weight excluding hydrogens is 199 g/mol. The van der Waals surface area contributed by atoms with Gasteiger partial charge in [-0.05, 0) is 13.8 Å². The van der Waals surface area contributed by atoms with E-state index in [1.165, 1.54) is 13.8 Å². The molecule has 0 aliphatic rings. The largest absolute Gasteiger partial charge is 0.479 e. The van der Waals surface area contributed by atoms with E-state index in [2.05, 4.69) is 9.05 Å². The molecule has 0 amide bonds. The first-order valence-electron chi connectivity index (χ1n) is 3.43. The zero-order chi connectivity index (χ0) is 10.7. The van der Waals surface area contributed by atoms with Crippen LogP contribution in [-0.4, -0.2) is 30.9 Å². The summed E-state index contributed by atoms with van der Waals surface area (Å²) >= 11 is 0. The fraction of sp³-hybridized carbons (Fsp3) is 0.833. The van der Waals surface area contributed by atoms with Crippen molar-refractivity contribution in [3.05, 3.63) is 0 Å². The maximum Gasteiger partial charge on any atom is 0.475 e. The summed E-state index contributed by atoms with van der Waals surface area (Å²) < 4.78 is 24.9. The molecule has 0 aromatic carbocycles. The maximum atomic E-state index is 11.3. The lowest BCUT2D eigenvalue weighted by molar-refractivity contribution is -0.153. The summed E-state index contributed by atoms with van der Waals surface area (Å²) in [5.41, 5.74) is -1.61. The van der Waals surface area contributed by atoms with Crippen LogP contribution in [0.4, 0.5) is 0 Å². The van der Waals surface area contributed by atoms with Gasteiger partial charge < -0.3 is 5.11 Å². The summed E-state index contributed by atoms with van der Waals surface area (Å²) in [6.45, 7) is 2.50. The Balaban J connectivity index is 4.59. The van der Waals surface area contributed by atoms with Gasteiger partial charge in [-0.25, -0.2) is 9.36 Å². The molecule has 0 unspecified atom stereocenters. The van der Waals surface area contributed by atoms with Gasteiger partial charge in [0, 0.05) is 14.2 Å². The highest BCUT2D eigenvalue weighted by Crippen LogP contribution is 2.50. The first-order chi connectivity index (χ1) is 5.77. The van der Waals surface area contributed by atoms with Crippen molar-refractivity contribution in [1.29, 1.82) is 0 Å².